The number of carbonyl (C=O) groups excluding carboxylic acids is 2. The molecule has 37 heavy (non-hydrogen) atoms. The van der Waals surface area contributed by atoms with Gasteiger partial charge in [0, 0.05) is 44.8 Å². The van der Waals surface area contributed by atoms with Crippen LogP contribution in [0.2, 0.25) is 0 Å². The van der Waals surface area contributed by atoms with Crippen molar-refractivity contribution < 1.29 is 19.1 Å². The molecule has 3 aromatic carbocycles. The van der Waals surface area contributed by atoms with Crippen LogP contribution in [-0.2, 0) is 22.6 Å². The Morgan fingerprint density at radius 3 is 2.03 bits per heavy atom. The number of nitrogens with zero attached hydrogens (tertiary/aromatic N) is 3. The van der Waals surface area contributed by atoms with Gasteiger partial charge in [0.1, 0.15) is 5.75 Å². The number of amides is 1. The predicted molar refractivity (Wildman–Crippen MR) is 142 cm³/mol. The van der Waals surface area contributed by atoms with Gasteiger partial charge in [-0.15, -0.1) is 0 Å². The normalized spacial score (nSPS) is 14.4. The minimum atomic E-state index is -0.446. The van der Waals surface area contributed by atoms with Gasteiger partial charge in [-0.2, -0.15) is 5.10 Å². The fourth-order valence-electron chi connectivity index (χ4n) is 4.05. The van der Waals surface area contributed by atoms with Gasteiger partial charge in [0.05, 0.1) is 13.3 Å². The Labute approximate surface area is 217 Å². The van der Waals surface area contributed by atoms with Crippen molar-refractivity contribution >= 4 is 18.1 Å². The number of carbonyl (C=O) groups is 2. The highest BCUT2D eigenvalue weighted by Gasteiger charge is 2.17. The smallest absolute Gasteiger partial charge is 0.343 e. The zero-order chi connectivity index (χ0) is 25.9. The van der Waals surface area contributed by atoms with Gasteiger partial charge in [-0.3, -0.25) is 14.6 Å². The van der Waals surface area contributed by atoms with Crippen molar-refractivity contribution in [3.63, 3.8) is 0 Å². The molecular formula is C29H32N4O4. The molecule has 0 spiro atoms. The largest absolute Gasteiger partial charge is 0.482 e. The summed E-state index contributed by atoms with van der Waals surface area (Å²) in [4.78, 5) is 28.5. The van der Waals surface area contributed by atoms with Crippen LogP contribution in [0.3, 0.4) is 0 Å². The van der Waals surface area contributed by atoms with E-state index >= 15 is 0 Å². The van der Waals surface area contributed by atoms with Crippen molar-refractivity contribution in [3.05, 3.63) is 101 Å². The Morgan fingerprint density at radius 1 is 0.838 bits per heavy atom. The van der Waals surface area contributed by atoms with Crippen molar-refractivity contribution in [2.75, 3.05) is 39.9 Å². The zero-order valence-electron chi connectivity index (χ0n) is 21.0. The predicted octanol–water partition coefficient (Wildman–Crippen LogP) is 3.32. The number of nitrogens with one attached hydrogen (secondary N) is 1. The average molecular weight is 501 g/mol. The standard InChI is InChI=1S/C29H32N4O4/c1-36-28(34)22-37-27-13-9-23(10-14-27)19-30-31-29(35)26-11-7-25(8-12-26)21-33-17-15-32(16-18-33)20-24-5-3-2-4-6-24/h2-14,19H,15-18,20-22H2,1H3,(H,31,35)/b30-19-. The molecule has 0 aliphatic carbocycles. The monoisotopic (exact) mass is 500 g/mol. The Kier molecular flexibility index (Phi) is 9.40. The summed E-state index contributed by atoms with van der Waals surface area (Å²) < 4.78 is 9.84. The van der Waals surface area contributed by atoms with Crippen LogP contribution in [-0.4, -0.2) is 67.8 Å². The molecule has 1 amide bonds. The van der Waals surface area contributed by atoms with Crippen molar-refractivity contribution in [1.82, 2.24) is 15.2 Å². The molecule has 192 valence electrons. The molecular weight excluding hydrogens is 468 g/mol. The summed E-state index contributed by atoms with van der Waals surface area (Å²) >= 11 is 0. The summed E-state index contributed by atoms with van der Waals surface area (Å²) in [5, 5.41) is 4.04. The molecule has 1 saturated heterocycles. The summed E-state index contributed by atoms with van der Waals surface area (Å²) in [6.45, 7) is 5.89. The van der Waals surface area contributed by atoms with Crippen LogP contribution in [0.5, 0.6) is 5.75 Å². The van der Waals surface area contributed by atoms with E-state index in [4.69, 9.17) is 4.74 Å². The third kappa shape index (κ3) is 8.27. The van der Waals surface area contributed by atoms with Gasteiger partial charge in [-0.05, 0) is 53.1 Å². The number of piperazine rings is 1. The Bertz CT molecular complexity index is 1170. The van der Waals surface area contributed by atoms with Gasteiger partial charge in [-0.1, -0.05) is 42.5 Å². The molecule has 0 unspecified atom stereocenters. The van der Waals surface area contributed by atoms with Crippen LogP contribution in [0.1, 0.15) is 27.0 Å². The van der Waals surface area contributed by atoms with Gasteiger partial charge in [-0.25, -0.2) is 10.2 Å². The second-order valence-electron chi connectivity index (χ2n) is 8.87. The Hall–Kier alpha value is -4.01. The summed E-state index contributed by atoms with van der Waals surface area (Å²) in [5.74, 6) is -0.171. The molecule has 0 atom stereocenters. The van der Waals surface area contributed by atoms with Gasteiger partial charge >= 0.3 is 5.97 Å². The summed E-state index contributed by atoms with van der Waals surface area (Å²) in [7, 11) is 1.31. The lowest BCUT2D eigenvalue weighted by atomic mass is 10.1. The lowest BCUT2D eigenvalue weighted by molar-refractivity contribution is -0.142. The maximum atomic E-state index is 12.4. The number of rotatable bonds is 10. The van der Waals surface area contributed by atoms with Crippen LogP contribution >= 0.6 is 0 Å². The molecule has 8 heteroatoms. The maximum absolute atomic E-state index is 12.4. The zero-order valence-corrected chi connectivity index (χ0v) is 21.0. The topological polar surface area (TPSA) is 83.5 Å². The fraction of sp³-hybridized carbons (Fsp3) is 0.276. The summed E-state index contributed by atoms with van der Waals surface area (Å²) in [5.41, 5.74) is 6.44. The molecule has 1 fully saturated rings. The van der Waals surface area contributed by atoms with E-state index in [9.17, 15) is 9.59 Å². The van der Waals surface area contributed by atoms with Crippen molar-refractivity contribution in [1.29, 1.82) is 0 Å². The number of methoxy groups -OCH3 is 1. The first kappa shape index (κ1) is 26.1. The minimum Gasteiger partial charge on any atom is -0.482 e. The summed E-state index contributed by atoms with van der Waals surface area (Å²) in [6, 6.07) is 25.2. The SMILES string of the molecule is COC(=O)COc1ccc(/C=N\NC(=O)c2ccc(CN3CCN(Cc4ccccc4)CC3)cc2)cc1. The second kappa shape index (κ2) is 13.3. The third-order valence-corrected chi connectivity index (χ3v) is 6.18. The first-order valence-corrected chi connectivity index (χ1v) is 12.3. The highest BCUT2D eigenvalue weighted by molar-refractivity contribution is 5.94. The quantitative estimate of drug-likeness (QED) is 0.261. The van der Waals surface area contributed by atoms with Crippen molar-refractivity contribution in [3.8, 4) is 5.75 Å². The second-order valence-corrected chi connectivity index (χ2v) is 8.87. The molecule has 1 aliphatic rings. The molecule has 4 rings (SSSR count). The molecule has 3 aromatic rings. The third-order valence-electron chi connectivity index (χ3n) is 6.18. The summed E-state index contributed by atoms with van der Waals surface area (Å²) in [6.07, 6.45) is 1.55. The molecule has 8 nitrogen and oxygen atoms in total. The van der Waals surface area contributed by atoms with Gasteiger partial charge in [0.25, 0.3) is 5.91 Å². The van der Waals surface area contributed by atoms with E-state index in [0.717, 1.165) is 44.8 Å². The van der Waals surface area contributed by atoms with Gasteiger partial charge in [0.2, 0.25) is 0 Å². The van der Waals surface area contributed by atoms with Crippen LogP contribution < -0.4 is 10.2 Å². The number of ether oxygens (including phenoxy) is 2. The Balaban J connectivity index is 1.19. The molecule has 0 saturated carbocycles. The lowest BCUT2D eigenvalue weighted by Crippen LogP contribution is -2.45. The van der Waals surface area contributed by atoms with E-state index in [-0.39, 0.29) is 12.5 Å². The van der Waals surface area contributed by atoms with E-state index in [1.54, 1.807) is 30.5 Å². The van der Waals surface area contributed by atoms with Crippen LogP contribution in [0.25, 0.3) is 0 Å². The maximum Gasteiger partial charge on any atom is 0.343 e. The lowest BCUT2D eigenvalue weighted by Gasteiger charge is -2.34. The fourth-order valence-corrected chi connectivity index (χ4v) is 4.05. The first-order valence-electron chi connectivity index (χ1n) is 12.3. The van der Waals surface area contributed by atoms with Crippen LogP contribution in [0.4, 0.5) is 0 Å². The highest BCUT2D eigenvalue weighted by atomic mass is 16.6. The van der Waals surface area contributed by atoms with E-state index in [1.807, 2.05) is 24.3 Å². The molecule has 0 radical (unpaired) electrons. The van der Waals surface area contributed by atoms with E-state index in [1.165, 1.54) is 18.2 Å². The van der Waals surface area contributed by atoms with Crippen LogP contribution in [0.15, 0.2) is 84.0 Å². The minimum absolute atomic E-state index is 0.149. The van der Waals surface area contributed by atoms with Gasteiger partial charge < -0.3 is 9.47 Å². The van der Waals surface area contributed by atoms with E-state index in [0.29, 0.717) is 11.3 Å². The highest BCUT2D eigenvalue weighted by Crippen LogP contribution is 2.13. The number of benzene rings is 3. The van der Waals surface area contributed by atoms with Crippen LogP contribution in [0, 0.1) is 0 Å². The van der Waals surface area contributed by atoms with E-state index < -0.39 is 5.97 Å². The first-order chi connectivity index (χ1) is 18.1. The molecule has 0 aromatic heterocycles. The number of hydrazone groups is 1. The van der Waals surface area contributed by atoms with E-state index in [2.05, 4.69) is 55.4 Å². The van der Waals surface area contributed by atoms with Crippen molar-refractivity contribution in [2.24, 2.45) is 5.10 Å². The number of esters is 1. The average Bonchev–Trinajstić information content (AvgIpc) is 2.94. The van der Waals surface area contributed by atoms with Gasteiger partial charge in [0.15, 0.2) is 6.61 Å². The number of hydrogen-bond donors (Lipinski definition) is 1. The molecule has 1 N–H and O–H groups in total. The molecule has 1 aliphatic heterocycles. The Morgan fingerprint density at radius 2 is 1.43 bits per heavy atom. The molecule has 0 bridgehead atoms. The molecule has 1 heterocycles. The number of hydrogen-bond acceptors (Lipinski definition) is 7. The van der Waals surface area contributed by atoms with Crippen molar-refractivity contribution in [2.45, 2.75) is 13.1 Å².